The van der Waals surface area contributed by atoms with Crippen molar-refractivity contribution in [1.82, 2.24) is 20.5 Å². The first kappa shape index (κ1) is 16.0. The topological polar surface area (TPSA) is 57.3 Å². The van der Waals surface area contributed by atoms with Gasteiger partial charge in [-0.3, -0.25) is 4.90 Å². The summed E-state index contributed by atoms with van der Waals surface area (Å²) < 4.78 is 0. The van der Waals surface area contributed by atoms with Crippen molar-refractivity contribution in [1.29, 1.82) is 0 Å². The number of aromatic nitrogens is 1. The van der Waals surface area contributed by atoms with E-state index in [1.54, 1.807) is 17.5 Å². The molecule has 1 aliphatic heterocycles. The minimum Gasteiger partial charge on any atom is -0.338 e. The number of rotatable bonds is 6. The number of nitrogens with zero attached hydrogens (tertiary/aromatic N) is 2. The molecular formula is C17H22N4OS. The first-order valence-corrected chi connectivity index (χ1v) is 8.84. The van der Waals surface area contributed by atoms with Crippen molar-refractivity contribution in [2.75, 3.05) is 19.6 Å². The van der Waals surface area contributed by atoms with Crippen molar-refractivity contribution in [3.63, 3.8) is 0 Å². The Balaban J connectivity index is 1.34. The van der Waals surface area contributed by atoms with Crippen LogP contribution in [0, 0.1) is 5.92 Å². The van der Waals surface area contributed by atoms with Crippen LogP contribution in [0.3, 0.4) is 0 Å². The third kappa shape index (κ3) is 5.04. The van der Waals surface area contributed by atoms with Gasteiger partial charge in [0.25, 0.3) is 0 Å². The van der Waals surface area contributed by atoms with Crippen molar-refractivity contribution in [3.8, 4) is 0 Å². The van der Waals surface area contributed by atoms with E-state index in [-0.39, 0.29) is 6.03 Å². The lowest BCUT2D eigenvalue weighted by molar-refractivity contribution is 0.238. The Labute approximate surface area is 140 Å². The normalized spacial score (nSPS) is 18.0. The van der Waals surface area contributed by atoms with Crippen molar-refractivity contribution in [2.45, 2.75) is 19.5 Å². The van der Waals surface area contributed by atoms with Gasteiger partial charge in [0, 0.05) is 31.2 Å². The van der Waals surface area contributed by atoms with E-state index >= 15 is 0 Å². The molecule has 1 aromatic carbocycles. The average Bonchev–Trinajstić information content (AvgIpc) is 3.24. The fourth-order valence-electron chi connectivity index (χ4n) is 2.86. The van der Waals surface area contributed by atoms with Gasteiger partial charge in [-0.2, -0.15) is 0 Å². The number of thiazole rings is 1. The van der Waals surface area contributed by atoms with Gasteiger partial charge >= 0.3 is 6.03 Å². The van der Waals surface area contributed by atoms with Crippen LogP contribution < -0.4 is 10.6 Å². The second-order valence-electron chi connectivity index (χ2n) is 5.86. The Morgan fingerprint density at radius 2 is 2.17 bits per heavy atom. The highest BCUT2D eigenvalue weighted by molar-refractivity contribution is 7.09. The van der Waals surface area contributed by atoms with Gasteiger partial charge in [-0.15, -0.1) is 11.3 Å². The summed E-state index contributed by atoms with van der Waals surface area (Å²) in [7, 11) is 0. The molecule has 1 aromatic heterocycles. The van der Waals surface area contributed by atoms with Crippen molar-refractivity contribution >= 4 is 17.4 Å². The molecule has 1 aliphatic rings. The third-order valence-corrected chi connectivity index (χ3v) is 4.83. The van der Waals surface area contributed by atoms with Crippen molar-refractivity contribution in [2.24, 2.45) is 5.92 Å². The summed E-state index contributed by atoms with van der Waals surface area (Å²) in [6.45, 7) is 4.36. The molecule has 1 fully saturated rings. The second-order valence-corrected chi connectivity index (χ2v) is 6.84. The van der Waals surface area contributed by atoms with Crippen LogP contribution in [0.25, 0.3) is 0 Å². The summed E-state index contributed by atoms with van der Waals surface area (Å²) in [5.41, 5.74) is 1.35. The molecule has 0 radical (unpaired) electrons. The van der Waals surface area contributed by atoms with E-state index in [9.17, 15) is 4.79 Å². The number of carbonyl (C=O) groups is 1. The molecule has 0 spiro atoms. The Morgan fingerprint density at radius 3 is 2.96 bits per heavy atom. The predicted molar refractivity (Wildman–Crippen MR) is 92.2 cm³/mol. The lowest BCUT2D eigenvalue weighted by Crippen LogP contribution is -2.38. The molecular weight excluding hydrogens is 308 g/mol. The first-order valence-electron chi connectivity index (χ1n) is 7.96. The number of benzene rings is 1. The molecule has 1 atom stereocenters. The molecule has 2 amide bonds. The third-order valence-electron chi connectivity index (χ3n) is 4.05. The van der Waals surface area contributed by atoms with Crippen LogP contribution in [0.15, 0.2) is 41.9 Å². The van der Waals surface area contributed by atoms with Gasteiger partial charge in [0.05, 0.1) is 6.54 Å². The zero-order valence-corrected chi connectivity index (χ0v) is 13.9. The Bertz CT molecular complexity index is 602. The summed E-state index contributed by atoms with van der Waals surface area (Å²) in [5.74, 6) is 0.532. The van der Waals surface area contributed by atoms with Crippen molar-refractivity contribution < 1.29 is 4.79 Å². The number of hydrogen-bond acceptors (Lipinski definition) is 4. The molecule has 2 aromatic rings. The van der Waals surface area contributed by atoms with E-state index in [0.717, 1.165) is 37.6 Å². The summed E-state index contributed by atoms with van der Waals surface area (Å²) >= 11 is 1.55. The van der Waals surface area contributed by atoms with E-state index in [1.165, 1.54) is 5.56 Å². The number of nitrogens with one attached hydrogen (secondary N) is 2. The summed E-state index contributed by atoms with van der Waals surface area (Å²) in [6, 6.07) is 10.4. The maximum atomic E-state index is 11.8. The monoisotopic (exact) mass is 330 g/mol. The minimum absolute atomic E-state index is 0.110. The highest BCUT2D eigenvalue weighted by atomic mass is 32.1. The van der Waals surface area contributed by atoms with Gasteiger partial charge in [-0.05, 0) is 24.4 Å². The zero-order chi connectivity index (χ0) is 15.9. The summed E-state index contributed by atoms with van der Waals surface area (Å²) in [5, 5.41) is 8.65. The molecule has 1 saturated heterocycles. The van der Waals surface area contributed by atoms with Crippen LogP contribution in [0.2, 0.25) is 0 Å². The summed E-state index contributed by atoms with van der Waals surface area (Å²) in [4.78, 5) is 18.4. The molecule has 0 aliphatic carbocycles. The highest BCUT2D eigenvalue weighted by Crippen LogP contribution is 2.17. The van der Waals surface area contributed by atoms with Crippen LogP contribution in [0.5, 0.6) is 0 Å². The molecule has 6 heteroatoms. The minimum atomic E-state index is -0.110. The molecule has 3 rings (SSSR count). The van der Waals surface area contributed by atoms with Gasteiger partial charge in [0.15, 0.2) is 0 Å². The largest absolute Gasteiger partial charge is 0.338 e. The number of hydrogen-bond donors (Lipinski definition) is 2. The van der Waals surface area contributed by atoms with Crippen LogP contribution >= 0.6 is 11.3 Å². The maximum Gasteiger partial charge on any atom is 0.315 e. The Morgan fingerprint density at radius 1 is 1.30 bits per heavy atom. The highest BCUT2D eigenvalue weighted by Gasteiger charge is 2.22. The van der Waals surface area contributed by atoms with E-state index in [2.05, 4.69) is 44.8 Å². The van der Waals surface area contributed by atoms with Gasteiger partial charge in [-0.25, -0.2) is 9.78 Å². The van der Waals surface area contributed by atoms with E-state index in [4.69, 9.17) is 0 Å². The fourth-order valence-corrected chi connectivity index (χ4v) is 3.42. The lowest BCUT2D eigenvalue weighted by atomic mass is 10.1. The Hall–Kier alpha value is -1.92. The number of carbonyl (C=O) groups excluding carboxylic acids is 1. The van der Waals surface area contributed by atoms with Gasteiger partial charge in [0.1, 0.15) is 5.01 Å². The summed E-state index contributed by atoms with van der Waals surface area (Å²) in [6.07, 6.45) is 2.89. The van der Waals surface area contributed by atoms with Gasteiger partial charge in [0.2, 0.25) is 0 Å². The number of likely N-dealkylation sites (tertiary alicyclic amines) is 1. The molecule has 0 bridgehead atoms. The number of urea groups is 1. The molecule has 2 N–H and O–H groups in total. The quantitative estimate of drug-likeness (QED) is 0.855. The van der Waals surface area contributed by atoms with Crippen LogP contribution in [-0.4, -0.2) is 35.5 Å². The molecule has 0 saturated carbocycles. The first-order chi connectivity index (χ1) is 11.3. The Kier molecular flexibility index (Phi) is 5.60. The fraction of sp³-hybridized carbons (Fsp3) is 0.412. The van der Waals surface area contributed by atoms with Crippen LogP contribution in [-0.2, 0) is 13.1 Å². The molecule has 122 valence electrons. The molecule has 5 nitrogen and oxygen atoms in total. The number of amides is 2. The lowest BCUT2D eigenvalue weighted by Gasteiger charge is -2.16. The van der Waals surface area contributed by atoms with Gasteiger partial charge < -0.3 is 10.6 Å². The molecule has 0 unspecified atom stereocenters. The second kappa shape index (κ2) is 8.08. The molecule has 23 heavy (non-hydrogen) atoms. The average molecular weight is 330 g/mol. The zero-order valence-electron chi connectivity index (χ0n) is 13.1. The van der Waals surface area contributed by atoms with Gasteiger partial charge in [-0.1, -0.05) is 30.3 Å². The van der Waals surface area contributed by atoms with Crippen LogP contribution in [0.1, 0.15) is 17.0 Å². The van der Waals surface area contributed by atoms with Crippen LogP contribution in [0.4, 0.5) is 4.79 Å². The molecule has 2 heterocycles. The van der Waals surface area contributed by atoms with E-state index in [1.807, 2.05) is 11.4 Å². The smallest absolute Gasteiger partial charge is 0.315 e. The van der Waals surface area contributed by atoms with E-state index in [0.29, 0.717) is 12.5 Å². The van der Waals surface area contributed by atoms with Crippen molar-refractivity contribution in [3.05, 3.63) is 52.5 Å². The predicted octanol–water partition coefficient (Wildman–Crippen LogP) is 2.46. The van der Waals surface area contributed by atoms with E-state index < -0.39 is 0 Å². The maximum absolute atomic E-state index is 11.8. The SMILES string of the molecule is O=C(NCc1nccs1)NC[C@H]1CCN(Cc2ccccc2)C1. The standard InChI is InChI=1S/C17H22N4OS/c22-17(20-11-16-18-7-9-23-16)19-10-15-6-8-21(13-15)12-14-4-2-1-3-5-14/h1-5,7,9,15H,6,8,10-13H2,(H2,19,20,22)/t15-/m1/s1.